The van der Waals surface area contributed by atoms with Crippen LogP contribution in [0.4, 0.5) is 0 Å². The number of nitrogens with zero attached hydrogens (tertiary/aromatic N) is 1. The Morgan fingerprint density at radius 2 is 1.76 bits per heavy atom. The predicted octanol–water partition coefficient (Wildman–Crippen LogP) is 1.95. The van der Waals surface area contributed by atoms with Crippen LogP contribution in [-0.4, -0.2) is 50.2 Å². The first-order valence-electron chi connectivity index (χ1n) is 6.84. The zero-order chi connectivity index (χ0) is 14.7. The number of halogens is 1. The minimum Gasteiger partial charge on any atom is -0.497 e. The molecule has 0 aromatic heterocycles. The van der Waals surface area contributed by atoms with Crippen molar-refractivity contribution in [3.8, 4) is 11.5 Å². The third-order valence-corrected chi connectivity index (χ3v) is 3.89. The molecule has 21 heavy (non-hydrogen) atoms. The number of methoxy groups -OCH3 is 2. The number of carbonyl (C=O) groups excluding carboxylic acids is 1. The van der Waals surface area contributed by atoms with E-state index < -0.39 is 0 Å². The van der Waals surface area contributed by atoms with Gasteiger partial charge in [0.2, 0.25) is 0 Å². The maximum absolute atomic E-state index is 12.7. The van der Waals surface area contributed by atoms with Crippen LogP contribution in [0, 0.1) is 0 Å². The van der Waals surface area contributed by atoms with E-state index in [0.717, 1.165) is 6.54 Å². The molecule has 0 radical (unpaired) electrons. The molecule has 1 saturated heterocycles. The van der Waals surface area contributed by atoms with Crippen LogP contribution in [0.2, 0.25) is 0 Å². The van der Waals surface area contributed by atoms with Crippen molar-refractivity contribution in [1.29, 1.82) is 0 Å². The molecule has 1 heterocycles. The van der Waals surface area contributed by atoms with E-state index in [9.17, 15) is 4.79 Å². The normalized spacial score (nSPS) is 21.4. The Kier molecular flexibility index (Phi) is 6.30. The standard InChI is InChI=1S/C15H22N2O3.ClH/c1-10-11(2)17(6-5-16-10)15(18)12-7-13(19-3)9-14(8-12)20-4;/h7-11,16H,5-6H2,1-4H3;1H. The monoisotopic (exact) mass is 314 g/mol. The van der Waals surface area contributed by atoms with Gasteiger partial charge in [-0.25, -0.2) is 0 Å². The second-order valence-electron chi connectivity index (χ2n) is 5.08. The van der Waals surface area contributed by atoms with Crippen molar-refractivity contribution in [3.05, 3.63) is 23.8 Å². The van der Waals surface area contributed by atoms with Crippen molar-refractivity contribution in [2.45, 2.75) is 25.9 Å². The van der Waals surface area contributed by atoms with Crippen molar-refractivity contribution in [3.63, 3.8) is 0 Å². The number of piperazine rings is 1. The van der Waals surface area contributed by atoms with Crippen molar-refractivity contribution in [2.24, 2.45) is 0 Å². The fourth-order valence-electron chi connectivity index (χ4n) is 2.44. The summed E-state index contributed by atoms with van der Waals surface area (Å²) in [5.41, 5.74) is 0.599. The van der Waals surface area contributed by atoms with Crippen molar-refractivity contribution >= 4 is 18.3 Å². The highest BCUT2D eigenvalue weighted by atomic mass is 35.5. The lowest BCUT2D eigenvalue weighted by Crippen LogP contribution is -2.57. The molecular weight excluding hydrogens is 292 g/mol. The van der Waals surface area contributed by atoms with Crippen molar-refractivity contribution in [1.82, 2.24) is 10.2 Å². The first-order chi connectivity index (χ1) is 9.56. The van der Waals surface area contributed by atoms with E-state index in [-0.39, 0.29) is 24.4 Å². The van der Waals surface area contributed by atoms with Gasteiger partial charge in [0.15, 0.2) is 0 Å². The van der Waals surface area contributed by atoms with Crippen molar-refractivity contribution in [2.75, 3.05) is 27.3 Å². The zero-order valence-electron chi connectivity index (χ0n) is 12.9. The number of hydrogen-bond donors (Lipinski definition) is 1. The summed E-state index contributed by atoms with van der Waals surface area (Å²) in [6.45, 7) is 5.69. The summed E-state index contributed by atoms with van der Waals surface area (Å²) in [5.74, 6) is 1.27. The molecule has 0 saturated carbocycles. The Bertz CT molecular complexity index is 474. The molecule has 6 heteroatoms. The second kappa shape index (κ2) is 7.52. The number of ether oxygens (including phenoxy) is 2. The first-order valence-corrected chi connectivity index (χ1v) is 6.84. The summed E-state index contributed by atoms with van der Waals surface area (Å²) in [7, 11) is 3.16. The molecule has 1 aliphatic heterocycles. The van der Waals surface area contributed by atoms with Crippen LogP contribution in [0.1, 0.15) is 24.2 Å². The third-order valence-electron chi connectivity index (χ3n) is 3.89. The molecule has 118 valence electrons. The number of hydrogen-bond acceptors (Lipinski definition) is 4. The largest absolute Gasteiger partial charge is 0.497 e. The highest BCUT2D eigenvalue weighted by Crippen LogP contribution is 2.24. The van der Waals surface area contributed by atoms with Gasteiger partial charge in [0.1, 0.15) is 11.5 Å². The minimum atomic E-state index is 0. The van der Waals surface area contributed by atoms with Crippen LogP contribution in [0.25, 0.3) is 0 Å². The maximum atomic E-state index is 12.7. The van der Waals surface area contributed by atoms with E-state index in [1.807, 2.05) is 4.90 Å². The lowest BCUT2D eigenvalue weighted by atomic mass is 10.0. The molecule has 1 fully saturated rings. The number of amides is 1. The molecule has 2 unspecified atom stereocenters. The van der Waals surface area contributed by atoms with E-state index in [2.05, 4.69) is 19.2 Å². The van der Waals surface area contributed by atoms with E-state index in [0.29, 0.717) is 29.6 Å². The maximum Gasteiger partial charge on any atom is 0.254 e. The minimum absolute atomic E-state index is 0. The van der Waals surface area contributed by atoms with Gasteiger partial charge < -0.3 is 19.7 Å². The first kappa shape index (κ1) is 17.6. The van der Waals surface area contributed by atoms with Crippen LogP contribution in [0.15, 0.2) is 18.2 Å². The van der Waals surface area contributed by atoms with Crippen LogP contribution in [0.3, 0.4) is 0 Å². The number of nitrogens with one attached hydrogen (secondary N) is 1. The van der Waals surface area contributed by atoms with E-state index in [1.165, 1.54) is 0 Å². The highest BCUT2D eigenvalue weighted by Gasteiger charge is 2.29. The van der Waals surface area contributed by atoms with Gasteiger partial charge in [-0.1, -0.05) is 0 Å². The van der Waals surface area contributed by atoms with Crippen LogP contribution in [-0.2, 0) is 0 Å². The molecular formula is C15H23ClN2O3. The summed E-state index contributed by atoms with van der Waals surface area (Å²) in [4.78, 5) is 14.6. The molecule has 0 aliphatic carbocycles. The number of rotatable bonds is 3. The SMILES string of the molecule is COc1cc(OC)cc(C(=O)N2CCNC(C)C2C)c1.Cl. The lowest BCUT2D eigenvalue weighted by molar-refractivity contribution is 0.0602. The second-order valence-corrected chi connectivity index (χ2v) is 5.08. The molecule has 5 nitrogen and oxygen atoms in total. The summed E-state index contributed by atoms with van der Waals surface area (Å²) >= 11 is 0. The smallest absolute Gasteiger partial charge is 0.254 e. The molecule has 2 rings (SSSR count). The third kappa shape index (κ3) is 3.80. The molecule has 0 spiro atoms. The number of carbonyl (C=O) groups is 1. The average molecular weight is 315 g/mol. The zero-order valence-corrected chi connectivity index (χ0v) is 13.7. The summed E-state index contributed by atoms with van der Waals surface area (Å²) in [6.07, 6.45) is 0. The Morgan fingerprint density at radius 1 is 1.19 bits per heavy atom. The highest BCUT2D eigenvalue weighted by molar-refractivity contribution is 5.95. The molecule has 1 amide bonds. The molecule has 1 aromatic carbocycles. The van der Waals surface area contributed by atoms with Crippen molar-refractivity contribution < 1.29 is 14.3 Å². The van der Waals surface area contributed by atoms with Gasteiger partial charge in [-0.3, -0.25) is 4.79 Å². The summed E-state index contributed by atoms with van der Waals surface area (Å²) < 4.78 is 10.4. The van der Waals surface area contributed by atoms with E-state index in [1.54, 1.807) is 32.4 Å². The molecule has 2 atom stereocenters. The molecule has 1 aliphatic rings. The fourth-order valence-corrected chi connectivity index (χ4v) is 2.44. The summed E-state index contributed by atoms with van der Waals surface area (Å²) in [5, 5.41) is 3.37. The Morgan fingerprint density at radius 3 is 2.29 bits per heavy atom. The van der Waals surface area contributed by atoms with Crippen LogP contribution < -0.4 is 14.8 Å². The van der Waals surface area contributed by atoms with Gasteiger partial charge in [0, 0.05) is 36.8 Å². The van der Waals surface area contributed by atoms with Gasteiger partial charge in [0.25, 0.3) is 5.91 Å². The Hall–Kier alpha value is -1.46. The Labute approximate surface area is 132 Å². The van der Waals surface area contributed by atoms with Gasteiger partial charge in [-0.2, -0.15) is 0 Å². The average Bonchev–Trinajstić information content (AvgIpc) is 2.48. The lowest BCUT2D eigenvalue weighted by Gasteiger charge is -2.38. The summed E-state index contributed by atoms with van der Waals surface area (Å²) in [6, 6.07) is 5.73. The molecule has 1 N–H and O–H groups in total. The van der Waals surface area contributed by atoms with Crippen LogP contribution in [0.5, 0.6) is 11.5 Å². The van der Waals surface area contributed by atoms with E-state index >= 15 is 0 Å². The van der Waals surface area contributed by atoms with Gasteiger partial charge in [-0.15, -0.1) is 12.4 Å². The molecule has 1 aromatic rings. The van der Waals surface area contributed by atoms with E-state index in [4.69, 9.17) is 9.47 Å². The fraction of sp³-hybridized carbons (Fsp3) is 0.533. The topological polar surface area (TPSA) is 50.8 Å². The number of benzene rings is 1. The van der Waals surface area contributed by atoms with Gasteiger partial charge >= 0.3 is 0 Å². The van der Waals surface area contributed by atoms with Gasteiger partial charge in [-0.05, 0) is 26.0 Å². The predicted molar refractivity (Wildman–Crippen MR) is 84.8 cm³/mol. The Balaban J connectivity index is 0.00000220. The van der Waals surface area contributed by atoms with Gasteiger partial charge in [0.05, 0.1) is 14.2 Å². The molecule has 0 bridgehead atoms. The van der Waals surface area contributed by atoms with Crippen LogP contribution >= 0.6 is 12.4 Å². The quantitative estimate of drug-likeness (QED) is 0.926.